The molecule has 0 unspecified atom stereocenters. The number of hydrogen-bond acceptors (Lipinski definition) is 14. The molecule has 2 amide bonds. The second-order valence-electron chi connectivity index (χ2n) is 19.7. The summed E-state index contributed by atoms with van der Waals surface area (Å²) in [7, 11) is -2.16. The second-order valence-corrected chi connectivity index (χ2v) is 25.2. The van der Waals surface area contributed by atoms with Crippen molar-refractivity contribution in [1.82, 2.24) is 20.4 Å². The van der Waals surface area contributed by atoms with Crippen LogP contribution in [0.1, 0.15) is 116 Å². The van der Waals surface area contributed by atoms with Gasteiger partial charge in [-0.1, -0.05) is 95.2 Å². The van der Waals surface area contributed by atoms with Crippen LogP contribution in [0.4, 0.5) is 22.7 Å². The first-order valence-electron chi connectivity index (χ1n) is 24.6. The minimum absolute atomic E-state index is 0. The van der Waals surface area contributed by atoms with Crippen molar-refractivity contribution in [2.75, 3.05) is 21.3 Å². The standard InChI is InChI=1S/C32H36ClN5O3Si.C26H22ClN5O3.2CH4/c1-20-26(18-15-24(19-34)27(20)33)36-28(21(2)41-42(6,7)32(3,4)5)31-38-37-30(40-31)23-13-16-25(17-14-23)35-29(39)22-11-9-8-10-12-22;1-15-21(13-10-19(14-28)22(15)27)30-23(16(2)33)26-32-31-25(35-26)18-8-11-20(12-9-18)29-24(34)17-6-4-3-5-7-17;;/h8-18,21,28,36H,1-7H3,(H,35,39);3-13,16,23,30,33H,1-2H3,(H,29,34);2*1H4/t21-,28+;16-,23+;;/m00../s1. The van der Waals surface area contributed by atoms with Crippen molar-refractivity contribution < 1.29 is 28.0 Å². The number of carbonyl (C=O) groups excluding carboxylic acids is 2. The molecule has 2 aromatic heterocycles. The fraction of sp³-hybridized carbons (Fsp3) is 0.267. The zero-order chi connectivity index (χ0) is 55.6. The normalized spacial score (nSPS) is 12.5. The second kappa shape index (κ2) is 26.9. The first-order chi connectivity index (χ1) is 36.7. The summed E-state index contributed by atoms with van der Waals surface area (Å²) in [6, 6.07) is 42.0. The number of aliphatic hydroxyl groups is 1. The molecule has 0 aliphatic carbocycles. The van der Waals surface area contributed by atoms with E-state index in [1.807, 2.05) is 62.4 Å². The number of aromatic nitrogens is 4. The SMILES string of the molecule is C.C.Cc1c(N[C@@H](c2nnc(-c3ccc(NC(=O)c4ccccc4)cc3)o2)[C@H](C)O)ccc(C#N)c1Cl.Cc1c(N[C@@H](c2nnc(-c3ccc(NC(=O)c4ccccc4)cc3)o2)[C@H](C)O[Si](C)(C)C(C)(C)C)ccc(C#N)c1Cl. The number of amides is 2. The number of nitriles is 2. The highest BCUT2D eigenvalue weighted by Crippen LogP contribution is 2.40. The number of nitrogens with one attached hydrogen (secondary N) is 4. The summed E-state index contributed by atoms with van der Waals surface area (Å²) in [6.07, 6.45) is -1.20. The van der Waals surface area contributed by atoms with Gasteiger partial charge in [0.1, 0.15) is 24.2 Å². The lowest BCUT2D eigenvalue weighted by Crippen LogP contribution is -2.45. The van der Waals surface area contributed by atoms with Gasteiger partial charge < -0.3 is 39.6 Å². The Balaban J connectivity index is 0.000000288. The molecule has 0 saturated carbocycles. The lowest BCUT2D eigenvalue weighted by atomic mass is 10.1. The first kappa shape index (κ1) is 61.7. The van der Waals surface area contributed by atoms with Crippen LogP contribution in [0.2, 0.25) is 28.2 Å². The smallest absolute Gasteiger partial charge is 0.255 e. The average Bonchev–Trinajstić information content (AvgIpc) is 4.12. The van der Waals surface area contributed by atoms with Crippen molar-refractivity contribution >= 4 is 66.1 Å². The maximum atomic E-state index is 12.5. The van der Waals surface area contributed by atoms with E-state index in [1.54, 1.807) is 105 Å². The molecule has 8 aromatic rings. The van der Waals surface area contributed by atoms with Gasteiger partial charge in [0, 0.05) is 45.0 Å². The molecule has 0 fully saturated rings. The number of anilines is 4. The average molecular weight is 1120 g/mol. The number of nitrogens with zero attached hydrogens (tertiary/aromatic N) is 6. The minimum atomic E-state index is -2.16. The molecule has 0 radical (unpaired) electrons. The maximum Gasteiger partial charge on any atom is 0.255 e. The molecule has 79 heavy (non-hydrogen) atoms. The van der Waals surface area contributed by atoms with Gasteiger partial charge in [-0.25, -0.2) is 0 Å². The molecule has 0 saturated heterocycles. The van der Waals surface area contributed by atoms with E-state index < -0.39 is 26.5 Å². The Morgan fingerprint density at radius 2 is 0.987 bits per heavy atom. The highest BCUT2D eigenvalue weighted by atomic mass is 35.5. The number of aliphatic hydroxyl groups excluding tert-OH is 1. The van der Waals surface area contributed by atoms with E-state index in [0.29, 0.717) is 77.8 Å². The highest BCUT2D eigenvalue weighted by molar-refractivity contribution is 6.74. The molecule has 5 N–H and O–H groups in total. The third-order valence-electron chi connectivity index (χ3n) is 13.1. The Kier molecular flexibility index (Phi) is 21.0. The van der Waals surface area contributed by atoms with Gasteiger partial charge in [0.2, 0.25) is 23.6 Å². The molecular formula is C60H66Cl2N10O6Si. The molecule has 6 aromatic carbocycles. The molecule has 16 nitrogen and oxygen atoms in total. The van der Waals surface area contributed by atoms with Crippen LogP contribution in [0.15, 0.2) is 142 Å². The Labute approximate surface area is 473 Å². The zero-order valence-corrected chi connectivity index (χ0v) is 46.5. The third kappa shape index (κ3) is 15.1. The van der Waals surface area contributed by atoms with Crippen molar-refractivity contribution in [2.24, 2.45) is 0 Å². The van der Waals surface area contributed by atoms with Crippen molar-refractivity contribution in [3.8, 4) is 35.0 Å². The first-order valence-corrected chi connectivity index (χ1v) is 28.2. The number of benzene rings is 6. The molecule has 2 heterocycles. The molecule has 0 aliphatic rings. The quantitative estimate of drug-likeness (QED) is 0.0566. The summed E-state index contributed by atoms with van der Waals surface area (Å²) < 4.78 is 18.8. The predicted molar refractivity (Wildman–Crippen MR) is 316 cm³/mol. The summed E-state index contributed by atoms with van der Waals surface area (Å²) in [5, 5.41) is 59.0. The predicted octanol–water partition coefficient (Wildman–Crippen LogP) is 15.0. The van der Waals surface area contributed by atoms with Gasteiger partial charge in [-0.05, 0) is 154 Å². The summed E-state index contributed by atoms with van der Waals surface area (Å²) in [4.78, 5) is 24.8. The molecule has 0 bridgehead atoms. The molecule has 4 atom stereocenters. The fourth-order valence-corrected chi connectivity index (χ4v) is 9.43. The van der Waals surface area contributed by atoms with E-state index in [-0.39, 0.29) is 49.6 Å². The minimum Gasteiger partial charge on any atom is -0.418 e. The van der Waals surface area contributed by atoms with E-state index in [4.69, 9.17) is 41.7 Å². The van der Waals surface area contributed by atoms with Crippen LogP contribution >= 0.6 is 23.2 Å². The van der Waals surface area contributed by atoms with E-state index >= 15 is 0 Å². The van der Waals surface area contributed by atoms with Crippen molar-refractivity contribution in [2.45, 2.75) is 106 Å². The van der Waals surface area contributed by atoms with E-state index in [2.05, 4.69) is 81.6 Å². The Morgan fingerprint density at radius 1 is 0.608 bits per heavy atom. The third-order valence-corrected chi connectivity index (χ3v) is 18.7. The topological polar surface area (TPSA) is 237 Å². The Bertz CT molecular complexity index is 3430. The zero-order valence-electron chi connectivity index (χ0n) is 43.9. The highest BCUT2D eigenvalue weighted by Gasteiger charge is 2.41. The summed E-state index contributed by atoms with van der Waals surface area (Å²) in [5.41, 5.74) is 7.35. The summed E-state index contributed by atoms with van der Waals surface area (Å²) in [6.45, 7) is 18.2. The number of carbonyl (C=O) groups is 2. The largest absolute Gasteiger partial charge is 0.418 e. The van der Waals surface area contributed by atoms with Crippen LogP contribution in [-0.2, 0) is 4.43 Å². The molecular weight excluding hydrogens is 1060 g/mol. The summed E-state index contributed by atoms with van der Waals surface area (Å²) in [5.74, 6) is 0.762. The number of halogens is 2. The van der Waals surface area contributed by atoms with E-state index in [9.17, 15) is 20.0 Å². The van der Waals surface area contributed by atoms with E-state index in [0.717, 1.165) is 11.3 Å². The van der Waals surface area contributed by atoms with Gasteiger partial charge in [0.25, 0.3) is 11.8 Å². The maximum absolute atomic E-state index is 12.5. The molecule has 410 valence electrons. The van der Waals surface area contributed by atoms with Gasteiger partial charge in [0.15, 0.2) is 8.32 Å². The van der Waals surface area contributed by atoms with Crippen LogP contribution < -0.4 is 21.3 Å². The van der Waals surface area contributed by atoms with Crippen LogP contribution in [-0.4, -0.2) is 57.8 Å². The van der Waals surface area contributed by atoms with Crippen LogP contribution in [0.5, 0.6) is 0 Å². The Morgan fingerprint density at radius 3 is 1.35 bits per heavy atom. The van der Waals surface area contributed by atoms with Gasteiger partial charge >= 0.3 is 0 Å². The molecule has 0 aliphatic heterocycles. The molecule has 19 heteroatoms. The lowest BCUT2D eigenvalue weighted by Gasteiger charge is -2.40. The van der Waals surface area contributed by atoms with Gasteiger partial charge in [-0.15, -0.1) is 20.4 Å². The van der Waals surface area contributed by atoms with Gasteiger partial charge in [-0.3, -0.25) is 9.59 Å². The van der Waals surface area contributed by atoms with Crippen molar-refractivity contribution in [1.29, 1.82) is 10.5 Å². The molecule has 0 spiro atoms. The van der Waals surface area contributed by atoms with Gasteiger partial charge in [0.05, 0.1) is 33.4 Å². The Hall–Kier alpha value is -8.16. The van der Waals surface area contributed by atoms with Crippen LogP contribution in [0.3, 0.4) is 0 Å². The van der Waals surface area contributed by atoms with E-state index in [1.165, 1.54) is 0 Å². The number of hydrogen-bond donors (Lipinski definition) is 5. The van der Waals surface area contributed by atoms with Crippen molar-refractivity contribution in [3.63, 3.8) is 0 Å². The van der Waals surface area contributed by atoms with Crippen molar-refractivity contribution in [3.05, 3.63) is 189 Å². The monoisotopic (exact) mass is 1120 g/mol. The summed E-state index contributed by atoms with van der Waals surface area (Å²) >= 11 is 12.7. The fourth-order valence-electron chi connectivity index (χ4n) is 7.60. The lowest BCUT2D eigenvalue weighted by molar-refractivity contribution is 0.101. The van der Waals surface area contributed by atoms with Crippen LogP contribution in [0, 0.1) is 36.5 Å². The number of rotatable bonds is 16. The van der Waals surface area contributed by atoms with Gasteiger partial charge in [-0.2, -0.15) is 10.5 Å². The van der Waals surface area contributed by atoms with Crippen LogP contribution in [0.25, 0.3) is 22.9 Å². The molecule has 8 rings (SSSR count).